The minimum Gasteiger partial charge on any atom is -0.207 e. The highest BCUT2D eigenvalue weighted by Crippen LogP contribution is 2.16. The number of allylic oxidation sites excluding steroid dienone is 2. The van der Waals surface area contributed by atoms with Crippen LogP contribution >= 0.6 is 0 Å². The van der Waals surface area contributed by atoms with Crippen LogP contribution in [0.15, 0.2) is 53.0 Å². The van der Waals surface area contributed by atoms with E-state index in [0.717, 1.165) is 11.1 Å². The summed E-state index contributed by atoms with van der Waals surface area (Å²) in [4.78, 5) is 0.296. The van der Waals surface area contributed by atoms with E-state index in [2.05, 4.69) is 5.92 Å². The Balaban J connectivity index is 3.11. The van der Waals surface area contributed by atoms with Gasteiger partial charge in [0.1, 0.15) is 0 Å². The molecule has 0 aliphatic rings. The smallest absolute Gasteiger partial charge is 0.207 e. The molecular formula is C17H21NO2S. The van der Waals surface area contributed by atoms with Gasteiger partial charge in [-0.25, -0.2) is 8.42 Å². The fourth-order valence-electron chi connectivity index (χ4n) is 1.65. The van der Waals surface area contributed by atoms with Crippen LogP contribution in [-0.4, -0.2) is 25.8 Å². The van der Waals surface area contributed by atoms with E-state index in [-0.39, 0.29) is 6.54 Å². The molecule has 112 valence electrons. The highest BCUT2D eigenvalue weighted by atomic mass is 32.2. The number of hydrogen-bond acceptors (Lipinski definition) is 2. The number of terminal acetylenes is 1. The molecule has 0 aromatic heterocycles. The lowest BCUT2D eigenvalue weighted by molar-refractivity contribution is 0.473. The molecule has 0 spiro atoms. The molecule has 0 N–H and O–H groups in total. The number of benzene rings is 1. The van der Waals surface area contributed by atoms with E-state index in [4.69, 9.17) is 6.42 Å². The van der Waals surface area contributed by atoms with E-state index in [1.165, 1.54) is 4.31 Å². The Hall–Kier alpha value is -1.83. The van der Waals surface area contributed by atoms with Crippen molar-refractivity contribution in [2.24, 2.45) is 0 Å². The highest BCUT2D eigenvalue weighted by molar-refractivity contribution is 7.89. The summed E-state index contributed by atoms with van der Waals surface area (Å²) < 4.78 is 26.7. The Morgan fingerprint density at radius 2 is 1.90 bits per heavy atom. The van der Waals surface area contributed by atoms with Crippen molar-refractivity contribution in [3.05, 3.63) is 53.6 Å². The number of rotatable bonds is 6. The number of aryl methyl sites for hydroxylation is 1. The fraction of sp³-hybridized carbons (Fsp3) is 0.294. The maximum absolute atomic E-state index is 12.7. The molecule has 1 rings (SSSR count). The largest absolute Gasteiger partial charge is 0.243 e. The molecule has 0 aliphatic carbocycles. The van der Waals surface area contributed by atoms with Gasteiger partial charge in [-0.05, 0) is 38.5 Å². The van der Waals surface area contributed by atoms with Crippen LogP contribution in [0.5, 0.6) is 0 Å². The van der Waals surface area contributed by atoms with Crippen LogP contribution in [-0.2, 0) is 10.0 Å². The van der Waals surface area contributed by atoms with Crippen molar-refractivity contribution >= 4 is 10.0 Å². The average molecular weight is 303 g/mol. The summed E-state index contributed by atoms with van der Waals surface area (Å²) in [6.45, 7) is 6.15. The van der Waals surface area contributed by atoms with Crippen molar-refractivity contribution in [3.63, 3.8) is 0 Å². The first kappa shape index (κ1) is 17.2. The average Bonchev–Trinajstić information content (AvgIpc) is 2.47. The molecule has 0 bridgehead atoms. The molecule has 0 unspecified atom stereocenters. The predicted molar refractivity (Wildman–Crippen MR) is 87.3 cm³/mol. The highest BCUT2D eigenvalue weighted by Gasteiger charge is 2.22. The lowest BCUT2D eigenvalue weighted by atomic mass is 10.2. The molecule has 0 heterocycles. The van der Waals surface area contributed by atoms with E-state index in [9.17, 15) is 8.42 Å². The Morgan fingerprint density at radius 3 is 2.43 bits per heavy atom. The molecule has 21 heavy (non-hydrogen) atoms. The SMILES string of the molecule is C#C/C(C)=C/CN(C/C=C/C)S(=O)(=O)c1ccc(C)cc1. The van der Waals surface area contributed by atoms with E-state index in [0.29, 0.717) is 11.4 Å². The summed E-state index contributed by atoms with van der Waals surface area (Å²) in [5, 5.41) is 0. The number of hydrogen-bond donors (Lipinski definition) is 0. The lowest BCUT2D eigenvalue weighted by Crippen LogP contribution is -2.31. The zero-order valence-corrected chi connectivity index (χ0v) is 13.5. The molecule has 0 amide bonds. The van der Waals surface area contributed by atoms with Gasteiger partial charge in [0.25, 0.3) is 0 Å². The van der Waals surface area contributed by atoms with Crippen LogP contribution < -0.4 is 0 Å². The van der Waals surface area contributed by atoms with Gasteiger partial charge in [0, 0.05) is 13.1 Å². The van der Waals surface area contributed by atoms with Gasteiger partial charge in [-0.2, -0.15) is 4.31 Å². The van der Waals surface area contributed by atoms with Gasteiger partial charge >= 0.3 is 0 Å². The summed E-state index contributed by atoms with van der Waals surface area (Å²) in [7, 11) is -3.53. The second kappa shape index (κ2) is 7.82. The summed E-state index contributed by atoms with van der Waals surface area (Å²) in [6, 6.07) is 6.85. The van der Waals surface area contributed by atoms with Crippen molar-refractivity contribution < 1.29 is 8.42 Å². The van der Waals surface area contributed by atoms with Crippen LogP contribution in [0, 0.1) is 19.3 Å². The van der Waals surface area contributed by atoms with Crippen LogP contribution in [0.1, 0.15) is 19.4 Å². The Kier molecular flexibility index (Phi) is 6.41. The maximum Gasteiger partial charge on any atom is 0.243 e. The second-order valence-electron chi connectivity index (χ2n) is 4.74. The summed E-state index contributed by atoms with van der Waals surface area (Å²) in [5.41, 5.74) is 1.75. The number of nitrogens with zero attached hydrogens (tertiary/aromatic N) is 1. The van der Waals surface area contributed by atoms with E-state index < -0.39 is 10.0 Å². The maximum atomic E-state index is 12.7. The van der Waals surface area contributed by atoms with Gasteiger partial charge in [0.15, 0.2) is 0 Å². The number of sulfonamides is 1. The van der Waals surface area contributed by atoms with Crippen molar-refractivity contribution in [1.29, 1.82) is 0 Å². The van der Waals surface area contributed by atoms with Gasteiger partial charge in [-0.15, -0.1) is 6.42 Å². The normalized spacial score (nSPS) is 12.8. The molecule has 0 saturated heterocycles. The van der Waals surface area contributed by atoms with Crippen molar-refractivity contribution in [2.45, 2.75) is 25.7 Å². The first-order chi connectivity index (χ1) is 9.91. The minimum absolute atomic E-state index is 0.260. The van der Waals surface area contributed by atoms with E-state index in [1.54, 1.807) is 37.3 Å². The fourth-order valence-corrected chi connectivity index (χ4v) is 2.98. The van der Waals surface area contributed by atoms with Crippen molar-refractivity contribution in [2.75, 3.05) is 13.1 Å². The van der Waals surface area contributed by atoms with Gasteiger partial charge in [0.2, 0.25) is 10.0 Å². The molecule has 1 aromatic rings. The first-order valence-corrected chi connectivity index (χ1v) is 8.17. The molecule has 1 aromatic carbocycles. The lowest BCUT2D eigenvalue weighted by Gasteiger charge is -2.19. The molecule has 0 fully saturated rings. The quantitative estimate of drug-likeness (QED) is 0.598. The Labute approximate surface area is 128 Å². The topological polar surface area (TPSA) is 37.4 Å². The summed E-state index contributed by atoms with van der Waals surface area (Å²) in [5.74, 6) is 2.50. The zero-order valence-electron chi connectivity index (χ0n) is 12.7. The van der Waals surface area contributed by atoms with Gasteiger partial charge in [0.05, 0.1) is 4.90 Å². The standard InChI is InChI=1S/C17H21NO2S/c1-5-7-13-18(14-12-15(3)6-2)21(19,20)17-10-8-16(4)9-11-17/h2,5,7-12H,13-14H2,1,3-4H3/b7-5+,15-12+. The molecule has 4 heteroatoms. The Morgan fingerprint density at radius 1 is 1.29 bits per heavy atom. The van der Waals surface area contributed by atoms with Gasteiger partial charge in [-0.1, -0.05) is 41.8 Å². The van der Waals surface area contributed by atoms with Crippen LogP contribution in [0.2, 0.25) is 0 Å². The van der Waals surface area contributed by atoms with Crippen LogP contribution in [0.4, 0.5) is 0 Å². The third-order valence-electron chi connectivity index (χ3n) is 3.03. The summed E-state index contributed by atoms with van der Waals surface area (Å²) >= 11 is 0. The Bertz CT molecular complexity index is 662. The van der Waals surface area contributed by atoms with Crippen LogP contribution in [0.3, 0.4) is 0 Å². The molecule has 0 saturated carbocycles. The molecule has 0 radical (unpaired) electrons. The molecule has 3 nitrogen and oxygen atoms in total. The van der Waals surface area contributed by atoms with Crippen LogP contribution in [0.25, 0.3) is 0 Å². The minimum atomic E-state index is -3.53. The van der Waals surface area contributed by atoms with Crippen molar-refractivity contribution in [1.82, 2.24) is 4.31 Å². The predicted octanol–water partition coefficient (Wildman–Crippen LogP) is 3.14. The third-order valence-corrected chi connectivity index (χ3v) is 4.88. The van der Waals surface area contributed by atoms with Gasteiger partial charge in [-0.3, -0.25) is 0 Å². The molecule has 0 atom stereocenters. The van der Waals surface area contributed by atoms with E-state index >= 15 is 0 Å². The van der Waals surface area contributed by atoms with Crippen molar-refractivity contribution in [3.8, 4) is 12.3 Å². The first-order valence-electron chi connectivity index (χ1n) is 6.73. The molecular weight excluding hydrogens is 282 g/mol. The van der Waals surface area contributed by atoms with Gasteiger partial charge < -0.3 is 0 Å². The monoisotopic (exact) mass is 303 g/mol. The zero-order chi connectivity index (χ0) is 15.9. The third kappa shape index (κ3) is 4.89. The molecule has 0 aliphatic heterocycles. The summed E-state index contributed by atoms with van der Waals surface area (Å²) in [6.07, 6.45) is 10.7. The van der Waals surface area contributed by atoms with E-state index in [1.807, 2.05) is 26.0 Å². The second-order valence-corrected chi connectivity index (χ2v) is 6.67.